The highest BCUT2D eigenvalue weighted by Crippen LogP contribution is 2.39. The summed E-state index contributed by atoms with van der Waals surface area (Å²) in [4.78, 5) is 21.4. The van der Waals surface area contributed by atoms with Crippen LogP contribution in [0, 0.1) is 0 Å². The summed E-state index contributed by atoms with van der Waals surface area (Å²) in [6, 6.07) is 15.2. The van der Waals surface area contributed by atoms with Gasteiger partial charge >= 0.3 is 6.03 Å². The van der Waals surface area contributed by atoms with Crippen LogP contribution in [0.4, 0.5) is 21.9 Å². The third-order valence-corrected chi connectivity index (χ3v) is 7.22. The van der Waals surface area contributed by atoms with Crippen molar-refractivity contribution in [3.05, 3.63) is 66.4 Å². The number of rotatable bonds is 8. The lowest BCUT2D eigenvalue weighted by molar-refractivity contribution is 0.262. The highest BCUT2D eigenvalue weighted by Gasteiger charge is 2.22. The van der Waals surface area contributed by atoms with E-state index in [0.717, 1.165) is 11.8 Å². The first-order valence-corrected chi connectivity index (χ1v) is 15.8. The average molecular weight is 598 g/mol. The molecule has 216 valence electrons. The summed E-state index contributed by atoms with van der Waals surface area (Å²) in [5.41, 5.74) is 1.44. The summed E-state index contributed by atoms with van der Waals surface area (Å²) < 4.78 is 49.8. The van der Waals surface area contributed by atoms with Crippen molar-refractivity contribution in [2.75, 3.05) is 35.0 Å². The second-order valence-electron chi connectivity index (χ2n) is 10.2. The summed E-state index contributed by atoms with van der Waals surface area (Å²) in [7, 11) is -3.59. The van der Waals surface area contributed by atoms with E-state index in [9.17, 15) is 17.4 Å². The molecule has 0 aliphatic carbocycles. The number of carbonyl (C=O) groups excluding carboxylic acids is 1. The summed E-state index contributed by atoms with van der Waals surface area (Å²) in [6.45, 7) is 5.92. The minimum atomic E-state index is -3.62. The quantitative estimate of drug-likeness (QED) is 0.226. The molecule has 0 saturated heterocycles. The van der Waals surface area contributed by atoms with Gasteiger partial charge in [0.05, 0.1) is 41.2 Å². The van der Waals surface area contributed by atoms with Gasteiger partial charge in [-0.05, 0) is 35.2 Å². The number of methoxy groups -OCH3 is 1. The zero-order valence-corrected chi connectivity index (χ0v) is 25.1. The van der Waals surface area contributed by atoms with Gasteiger partial charge in [0.15, 0.2) is 5.75 Å². The second kappa shape index (κ2) is 11.7. The van der Waals surface area contributed by atoms with Gasteiger partial charge in [-0.2, -0.15) is 4.98 Å². The number of urea groups is 1. The zero-order chi connectivity index (χ0) is 29.9. The van der Waals surface area contributed by atoms with E-state index in [1.54, 1.807) is 30.3 Å². The molecule has 0 spiro atoms. The molecule has 2 amide bonds. The van der Waals surface area contributed by atoms with Crippen molar-refractivity contribution < 1.29 is 26.9 Å². The van der Waals surface area contributed by atoms with Crippen LogP contribution in [0.2, 0.25) is 0 Å². The molecule has 3 aromatic carbocycles. The Bertz CT molecular complexity index is 1750. The van der Waals surface area contributed by atoms with Crippen molar-refractivity contribution in [2.24, 2.45) is 0 Å². The first-order chi connectivity index (χ1) is 19.2. The molecule has 3 N–H and O–H groups in total. The number of ether oxygens (including phenoxy) is 2. The number of hydrogen-bond acceptors (Lipinski definition) is 8. The number of benzene rings is 3. The van der Waals surface area contributed by atoms with Crippen LogP contribution in [0.1, 0.15) is 26.3 Å². The molecule has 4 aromatic rings. The molecule has 1 heterocycles. The minimum Gasteiger partial charge on any atom is -0.492 e. The summed E-state index contributed by atoms with van der Waals surface area (Å²) >= 11 is 0. The lowest BCUT2D eigenvalue weighted by Crippen LogP contribution is -2.22. The maximum absolute atomic E-state index is 13.2. The number of hydrogen-bond donors (Lipinski definition) is 3. The van der Waals surface area contributed by atoms with E-state index in [1.165, 1.54) is 19.6 Å². The average Bonchev–Trinajstić information content (AvgIpc) is 2.88. The zero-order valence-electron chi connectivity index (χ0n) is 23.4. The summed E-state index contributed by atoms with van der Waals surface area (Å²) in [6.07, 6.45) is 4.00. The van der Waals surface area contributed by atoms with Gasteiger partial charge in [0.1, 0.15) is 5.75 Å². The Kier molecular flexibility index (Phi) is 8.50. The molecule has 0 aliphatic heterocycles. The standard InChI is InChI=1S/C28H31N5O6S2/c1-28(2,3)17-15-21(25(38-4)22(16-17)33-41(6,36)37)31-26(34)30-20-11-12-23(19-10-8-7-9-18(19)20)39-24-13-14-29-27(32-24)40(5)35/h7-16,33H,1-6H3,(H2,30,31,34). The van der Waals surface area contributed by atoms with Gasteiger partial charge in [-0.25, -0.2) is 18.2 Å². The highest BCUT2D eigenvalue weighted by atomic mass is 32.2. The Balaban J connectivity index is 1.66. The molecule has 1 aromatic heterocycles. The van der Waals surface area contributed by atoms with Gasteiger partial charge in [0.25, 0.3) is 0 Å². The van der Waals surface area contributed by atoms with Gasteiger partial charge in [-0.3, -0.25) is 8.93 Å². The molecule has 0 bridgehead atoms. The fourth-order valence-electron chi connectivity index (χ4n) is 4.03. The first kappa shape index (κ1) is 29.7. The Morgan fingerprint density at radius 2 is 1.61 bits per heavy atom. The van der Waals surface area contributed by atoms with Crippen LogP contribution in [0.15, 0.2) is 66.0 Å². The number of aromatic nitrogens is 2. The highest BCUT2D eigenvalue weighted by molar-refractivity contribution is 7.92. The Labute approximate surface area is 241 Å². The van der Waals surface area contributed by atoms with Crippen molar-refractivity contribution in [3.63, 3.8) is 0 Å². The predicted octanol–water partition coefficient (Wildman–Crippen LogP) is 5.48. The largest absolute Gasteiger partial charge is 0.492 e. The van der Waals surface area contributed by atoms with Crippen molar-refractivity contribution in [1.82, 2.24) is 9.97 Å². The molecule has 0 aliphatic rings. The lowest BCUT2D eigenvalue weighted by Gasteiger charge is -2.24. The maximum atomic E-state index is 13.2. The Morgan fingerprint density at radius 1 is 0.951 bits per heavy atom. The normalized spacial score (nSPS) is 12.4. The van der Waals surface area contributed by atoms with E-state index < -0.39 is 26.9 Å². The Hall–Kier alpha value is -4.23. The van der Waals surface area contributed by atoms with Gasteiger partial charge in [-0.15, -0.1) is 0 Å². The minimum absolute atomic E-state index is 0.155. The molecule has 4 rings (SSSR count). The number of nitrogens with zero attached hydrogens (tertiary/aromatic N) is 2. The molecular formula is C28H31N5O6S2. The van der Waals surface area contributed by atoms with Crippen LogP contribution in [-0.2, 0) is 26.2 Å². The number of carbonyl (C=O) groups is 1. The van der Waals surface area contributed by atoms with Crippen molar-refractivity contribution in [3.8, 4) is 17.4 Å². The second-order valence-corrected chi connectivity index (χ2v) is 13.2. The number of anilines is 3. The Morgan fingerprint density at radius 3 is 2.24 bits per heavy atom. The molecule has 11 nitrogen and oxygen atoms in total. The van der Waals surface area contributed by atoms with E-state index in [-0.39, 0.29) is 27.9 Å². The third-order valence-electron chi connectivity index (χ3n) is 5.91. The number of amides is 2. The van der Waals surface area contributed by atoms with E-state index in [0.29, 0.717) is 27.9 Å². The van der Waals surface area contributed by atoms with Crippen molar-refractivity contribution in [2.45, 2.75) is 31.3 Å². The predicted molar refractivity (Wildman–Crippen MR) is 161 cm³/mol. The molecule has 1 atom stereocenters. The molecule has 0 radical (unpaired) electrons. The lowest BCUT2D eigenvalue weighted by atomic mass is 9.86. The summed E-state index contributed by atoms with van der Waals surface area (Å²) in [5.74, 6) is 0.886. The molecule has 1 unspecified atom stereocenters. The van der Waals surface area contributed by atoms with Crippen LogP contribution in [0.25, 0.3) is 10.8 Å². The van der Waals surface area contributed by atoms with Crippen LogP contribution in [0.5, 0.6) is 17.4 Å². The molecule has 13 heteroatoms. The third kappa shape index (κ3) is 7.30. The monoisotopic (exact) mass is 597 g/mol. The van der Waals surface area contributed by atoms with Gasteiger partial charge < -0.3 is 20.1 Å². The van der Waals surface area contributed by atoms with Crippen molar-refractivity contribution in [1.29, 1.82) is 0 Å². The molecule has 0 saturated carbocycles. The topological polar surface area (TPSA) is 149 Å². The van der Waals surface area contributed by atoms with Crippen LogP contribution >= 0.6 is 0 Å². The number of fused-ring (bicyclic) bond motifs is 1. The first-order valence-electron chi connectivity index (χ1n) is 12.4. The van der Waals surface area contributed by atoms with Gasteiger partial charge in [0, 0.05) is 29.3 Å². The number of sulfonamides is 1. The fraction of sp³-hybridized carbons (Fsp3) is 0.250. The molecule has 0 fully saturated rings. The van der Waals surface area contributed by atoms with E-state index in [4.69, 9.17) is 9.47 Å². The van der Waals surface area contributed by atoms with E-state index in [2.05, 4.69) is 25.3 Å². The maximum Gasteiger partial charge on any atom is 0.323 e. The van der Waals surface area contributed by atoms with E-state index in [1.807, 2.05) is 45.0 Å². The smallest absolute Gasteiger partial charge is 0.323 e. The molecule has 41 heavy (non-hydrogen) atoms. The number of nitrogens with one attached hydrogen (secondary N) is 3. The molecular weight excluding hydrogens is 566 g/mol. The van der Waals surface area contributed by atoms with Crippen molar-refractivity contribution >= 4 is 54.7 Å². The van der Waals surface area contributed by atoms with Gasteiger partial charge in [-0.1, -0.05) is 45.0 Å². The van der Waals surface area contributed by atoms with Crippen LogP contribution in [0.3, 0.4) is 0 Å². The van der Waals surface area contributed by atoms with Crippen LogP contribution < -0.4 is 24.8 Å². The summed E-state index contributed by atoms with van der Waals surface area (Å²) in [5, 5.41) is 7.21. The van der Waals surface area contributed by atoms with E-state index >= 15 is 0 Å². The fourth-order valence-corrected chi connectivity index (χ4v) is 5.01. The SMILES string of the molecule is COc1c(NC(=O)Nc2ccc(Oc3ccnc(S(C)=O)n3)c3ccccc23)cc(C(C)(C)C)cc1NS(C)(=O)=O. The van der Waals surface area contributed by atoms with Crippen LogP contribution in [-0.4, -0.2) is 48.2 Å². The van der Waals surface area contributed by atoms with Gasteiger partial charge in [0.2, 0.25) is 21.1 Å².